The standard InChI is InChI=1S/C32H30FN3O3S/c1-5-35-31(37)30(40-32(35)34-25-10-14-27(38-4)15-11-25)19-24-18-21(2)36(22(24)3)26-12-16-28(17-13-26)39-20-23-8-6-7-9-29(23)33/h6-19H,5,20H2,1-4H3/b30-19+,34-32?. The third-order valence-electron chi connectivity index (χ3n) is 6.71. The molecular formula is C32H30FN3O3S. The number of hydrogen-bond donors (Lipinski definition) is 0. The first-order valence-corrected chi connectivity index (χ1v) is 13.8. The lowest BCUT2D eigenvalue weighted by molar-refractivity contribution is -0.122. The number of amidine groups is 1. The van der Waals surface area contributed by atoms with E-state index in [0.29, 0.717) is 27.9 Å². The predicted octanol–water partition coefficient (Wildman–Crippen LogP) is 7.44. The van der Waals surface area contributed by atoms with Gasteiger partial charge in [0.2, 0.25) is 0 Å². The van der Waals surface area contributed by atoms with E-state index in [1.165, 1.54) is 17.8 Å². The Kier molecular flexibility index (Phi) is 8.07. The van der Waals surface area contributed by atoms with Gasteiger partial charge in [0.1, 0.15) is 23.9 Å². The zero-order valence-electron chi connectivity index (χ0n) is 22.8. The van der Waals surface area contributed by atoms with Gasteiger partial charge in [-0.3, -0.25) is 9.69 Å². The Morgan fingerprint density at radius 1 is 0.975 bits per heavy atom. The van der Waals surface area contributed by atoms with Gasteiger partial charge >= 0.3 is 0 Å². The number of nitrogens with zero attached hydrogens (tertiary/aromatic N) is 3. The van der Waals surface area contributed by atoms with Crippen LogP contribution in [0.3, 0.4) is 0 Å². The number of ether oxygens (including phenoxy) is 2. The second kappa shape index (κ2) is 11.8. The molecule has 0 unspecified atom stereocenters. The Labute approximate surface area is 237 Å². The van der Waals surface area contributed by atoms with Crippen LogP contribution in [0.4, 0.5) is 10.1 Å². The van der Waals surface area contributed by atoms with Gasteiger partial charge in [-0.15, -0.1) is 0 Å². The van der Waals surface area contributed by atoms with Gasteiger partial charge in [0.05, 0.1) is 17.7 Å². The maximum atomic E-state index is 13.9. The third-order valence-corrected chi connectivity index (χ3v) is 7.71. The van der Waals surface area contributed by atoms with E-state index in [2.05, 4.69) is 10.6 Å². The highest BCUT2D eigenvalue weighted by Gasteiger charge is 2.32. The monoisotopic (exact) mass is 555 g/mol. The van der Waals surface area contributed by atoms with Crippen LogP contribution in [0.1, 0.15) is 29.4 Å². The predicted molar refractivity (Wildman–Crippen MR) is 159 cm³/mol. The van der Waals surface area contributed by atoms with Crippen LogP contribution >= 0.6 is 11.8 Å². The first-order chi connectivity index (χ1) is 19.4. The summed E-state index contributed by atoms with van der Waals surface area (Å²) in [5, 5.41) is 0.656. The molecule has 8 heteroatoms. The number of likely N-dealkylation sites (N-methyl/N-ethyl adjacent to an activating group) is 1. The molecule has 1 amide bonds. The van der Waals surface area contributed by atoms with Gasteiger partial charge in [0.15, 0.2) is 5.17 Å². The highest BCUT2D eigenvalue weighted by molar-refractivity contribution is 8.18. The number of carbonyl (C=O) groups is 1. The maximum absolute atomic E-state index is 13.9. The van der Waals surface area contributed by atoms with Gasteiger partial charge in [0, 0.05) is 29.2 Å². The quantitative estimate of drug-likeness (QED) is 0.212. The van der Waals surface area contributed by atoms with Crippen molar-refractivity contribution >= 4 is 34.6 Å². The summed E-state index contributed by atoms with van der Waals surface area (Å²) in [6, 6.07) is 23.8. The van der Waals surface area contributed by atoms with Crippen molar-refractivity contribution in [2.75, 3.05) is 13.7 Å². The van der Waals surface area contributed by atoms with E-state index >= 15 is 0 Å². The highest BCUT2D eigenvalue weighted by Crippen LogP contribution is 2.35. The van der Waals surface area contributed by atoms with Crippen LogP contribution < -0.4 is 9.47 Å². The summed E-state index contributed by atoms with van der Waals surface area (Å²) in [6.45, 7) is 6.71. The number of carbonyl (C=O) groups excluding carboxylic acids is 1. The molecule has 1 saturated heterocycles. The Hall–Kier alpha value is -4.30. The molecular weight excluding hydrogens is 525 g/mol. The fourth-order valence-electron chi connectivity index (χ4n) is 4.58. The summed E-state index contributed by atoms with van der Waals surface area (Å²) in [7, 11) is 1.62. The molecule has 2 heterocycles. The van der Waals surface area contributed by atoms with Gasteiger partial charge in [-0.25, -0.2) is 9.38 Å². The number of benzene rings is 3. The number of rotatable bonds is 8. The number of aliphatic imine (C=N–C) groups is 1. The molecule has 3 aromatic carbocycles. The zero-order valence-corrected chi connectivity index (χ0v) is 23.7. The fraction of sp³-hybridized carbons (Fsp3) is 0.188. The number of aromatic nitrogens is 1. The minimum atomic E-state index is -0.278. The summed E-state index contributed by atoms with van der Waals surface area (Å²) in [6.07, 6.45) is 1.94. The van der Waals surface area contributed by atoms with Crippen molar-refractivity contribution in [2.45, 2.75) is 27.4 Å². The minimum absolute atomic E-state index is 0.0547. The van der Waals surface area contributed by atoms with Crippen LogP contribution in [0.2, 0.25) is 0 Å². The number of methoxy groups -OCH3 is 1. The summed E-state index contributed by atoms with van der Waals surface area (Å²) in [5.41, 5.74) is 5.27. The molecule has 6 nitrogen and oxygen atoms in total. The number of halogens is 1. The lowest BCUT2D eigenvalue weighted by atomic mass is 10.2. The van der Waals surface area contributed by atoms with Crippen molar-refractivity contribution in [1.82, 2.24) is 9.47 Å². The second-order valence-electron chi connectivity index (χ2n) is 9.29. The molecule has 0 bridgehead atoms. The van der Waals surface area contributed by atoms with Crippen molar-refractivity contribution in [3.05, 3.63) is 112 Å². The van der Waals surface area contributed by atoms with E-state index in [1.54, 1.807) is 30.2 Å². The smallest absolute Gasteiger partial charge is 0.266 e. The topological polar surface area (TPSA) is 56.1 Å². The first kappa shape index (κ1) is 27.3. The maximum Gasteiger partial charge on any atom is 0.266 e. The van der Waals surface area contributed by atoms with Gasteiger partial charge in [0.25, 0.3) is 5.91 Å². The van der Waals surface area contributed by atoms with Crippen LogP contribution in [-0.4, -0.2) is 34.2 Å². The molecule has 204 valence electrons. The van der Waals surface area contributed by atoms with Crippen LogP contribution in [0.5, 0.6) is 11.5 Å². The van der Waals surface area contributed by atoms with E-state index in [0.717, 1.165) is 34.1 Å². The van der Waals surface area contributed by atoms with Gasteiger partial charge in [-0.05, 0) is 105 Å². The minimum Gasteiger partial charge on any atom is -0.497 e. The molecule has 0 N–H and O–H groups in total. The lowest BCUT2D eigenvalue weighted by Crippen LogP contribution is -2.28. The summed E-state index contributed by atoms with van der Waals surface area (Å²) >= 11 is 1.38. The van der Waals surface area contributed by atoms with Crippen molar-refractivity contribution in [2.24, 2.45) is 4.99 Å². The van der Waals surface area contributed by atoms with Crippen molar-refractivity contribution < 1.29 is 18.7 Å². The van der Waals surface area contributed by atoms with Gasteiger partial charge in [-0.2, -0.15) is 0 Å². The lowest BCUT2D eigenvalue weighted by Gasteiger charge is -2.12. The Morgan fingerprint density at radius 3 is 2.35 bits per heavy atom. The van der Waals surface area contributed by atoms with E-state index in [4.69, 9.17) is 14.5 Å². The van der Waals surface area contributed by atoms with E-state index in [1.807, 2.05) is 75.4 Å². The van der Waals surface area contributed by atoms with E-state index in [9.17, 15) is 9.18 Å². The molecule has 1 fully saturated rings. The van der Waals surface area contributed by atoms with Crippen LogP contribution in [0.15, 0.2) is 88.8 Å². The number of amides is 1. The molecule has 5 rings (SSSR count). The summed E-state index contributed by atoms with van der Waals surface area (Å²) < 4.78 is 27.1. The van der Waals surface area contributed by atoms with Crippen LogP contribution in [0.25, 0.3) is 11.8 Å². The second-order valence-corrected chi connectivity index (χ2v) is 10.3. The van der Waals surface area contributed by atoms with E-state index in [-0.39, 0.29) is 18.3 Å². The number of aryl methyl sites for hydroxylation is 1. The highest BCUT2D eigenvalue weighted by atomic mass is 32.2. The molecule has 0 saturated carbocycles. The fourth-order valence-corrected chi connectivity index (χ4v) is 5.63. The summed E-state index contributed by atoms with van der Waals surface area (Å²) in [5.74, 6) is 1.08. The van der Waals surface area contributed by atoms with Crippen LogP contribution in [-0.2, 0) is 11.4 Å². The normalized spacial score (nSPS) is 15.3. The van der Waals surface area contributed by atoms with Gasteiger partial charge < -0.3 is 14.0 Å². The summed E-state index contributed by atoms with van der Waals surface area (Å²) in [4.78, 5) is 20.3. The zero-order chi connectivity index (χ0) is 28.2. The Morgan fingerprint density at radius 2 is 1.68 bits per heavy atom. The van der Waals surface area contributed by atoms with Crippen molar-refractivity contribution in [3.63, 3.8) is 0 Å². The molecule has 4 aromatic rings. The average Bonchev–Trinajstić information content (AvgIpc) is 3.42. The number of hydrogen-bond acceptors (Lipinski definition) is 5. The van der Waals surface area contributed by atoms with Gasteiger partial charge in [-0.1, -0.05) is 18.2 Å². The number of thioether (sulfide) groups is 1. The van der Waals surface area contributed by atoms with E-state index < -0.39 is 0 Å². The molecule has 1 aromatic heterocycles. The molecule has 0 spiro atoms. The molecule has 0 atom stereocenters. The first-order valence-electron chi connectivity index (χ1n) is 13.0. The van der Waals surface area contributed by atoms with Crippen molar-refractivity contribution in [3.8, 4) is 17.2 Å². The third kappa shape index (κ3) is 5.67. The Bertz CT molecular complexity index is 1590. The molecule has 40 heavy (non-hydrogen) atoms. The molecule has 1 aliphatic rings. The molecule has 0 radical (unpaired) electrons. The SMILES string of the molecule is CCN1C(=O)/C(=C\c2cc(C)n(-c3ccc(OCc4ccccc4F)cc3)c2C)SC1=Nc1ccc(OC)cc1. The van der Waals surface area contributed by atoms with Crippen LogP contribution in [0, 0.1) is 19.7 Å². The Balaban J connectivity index is 1.35. The molecule has 0 aliphatic carbocycles. The average molecular weight is 556 g/mol. The molecule has 1 aliphatic heterocycles. The van der Waals surface area contributed by atoms with Crippen molar-refractivity contribution in [1.29, 1.82) is 0 Å². The largest absolute Gasteiger partial charge is 0.497 e.